The molecule has 6 rings (SSSR count). The van der Waals surface area contributed by atoms with Crippen molar-refractivity contribution in [3.63, 3.8) is 0 Å². The summed E-state index contributed by atoms with van der Waals surface area (Å²) >= 11 is 6.08. The van der Waals surface area contributed by atoms with E-state index in [-0.39, 0.29) is 5.02 Å². The van der Waals surface area contributed by atoms with Gasteiger partial charge in [-0.1, -0.05) is 17.7 Å². The number of hydrogen-bond donors (Lipinski definition) is 1. The van der Waals surface area contributed by atoms with Gasteiger partial charge < -0.3 is 14.6 Å². The van der Waals surface area contributed by atoms with E-state index in [2.05, 4.69) is 21.5 Å². The molecule has 9 heteroatoms. The largest absolute Gasteiger partial charge is 0.494 e. The lowest BCUT2D eigenvalue weighted by Crippen LogP contribution is -1.98. The highest BCUT2D eigenvalue weighted by Gasteiger charge is 2.26. The normalized spacial score (nSPS) is 13.4. The average molecular weight is 489 g/mol. The summed E-state index contributed by atoms with van der Waals surface area (Å²) in [6.07, 6.45) is 8.01. The number of hydrogen-bond acceptors (Lipinski definition) is 5. The number of ether oxygens (including phenoxy) is 1. The monoisotopic (exact) mass is 488 g/mol. The summed E-state index contributed by atoms with van der Waals surface area (Å²) in [7, 11) is 1.63. The number of aromatic nitrogens is 5. The predicted molar refractivity (Wildman–Crippen MR) is 134 cm³/mol. The molecule has 0 amide bonds. The average Bonchev–Trinajstić information content (AvgIpc) is 3.49. The fourth-order valence-electron chi connectivity index (χ4n) is 4.23. The zero-order chi connectivity index (χ0) is 24.1. The summed E-state index contributed by atoms with van der Waals surface area (Å²) in [5.74, 6) is 1.20. The number of nitrogens with zero attached hydrogens (tertiary/aromatic N) is 5. The van der Waals surface area contributed by atoms with Gasteiger partial charge in [0.15, 0.2) is 5.65 Å². The summed E-state index contributed by atoms with van der Waals surface area (Å²) in [5.41, 5.74) is 6.10. The Bertz CT molecular complexity index is 1570. The third-order valence-electron chi connectivity index (χ3n) is 6.16. The van der Waals surface area contributed by atoms with Crippen molar-refractivity contribution in [3.05, 3.63) is 83.3 Å². The quantitative estimate of drug-likeness (QED) is 0.303. The Balaban J connectivity index is 1.39. The molecule has 1 fully saturated rings. The lowest BCUT2D eigenvalue weighted by molar-refractivity contribution is 0.413. The van der Waals surface area contributed by atoms with Crippen LogP contribution in [0.5, 0.6) is 5.75 Å². The smallest absolute Gasteiger partial charge is 0.247 e. The highest BCUT2D eigenvalue weighted by molar-refractivity contribution is 6.31. The first-order valence-corrected chi connectivity index (χ1v) is 11.7. The molecule has 176 valence electrons. The molecule has 1 N–H and O–H groups in total. The molecule has 0 radical (unpaired) electrons. The van der Waals surface area contributed by atoms with Crippen LogP contribution in [0, 0.1) is 12.7 Å². The molecule has 1 saturated carbocycles. The maximum absolute atomic E-state index is 13.8. The van der Waals surface area contributed by atoms with E-state index in [1.165, 1.54) is 11.6 Å². The van der Waals surface area contributed by atoms with E-state index in [0.717, 1.165) is 41.0 Å². The second-order valence-corrected chi connectivity index (χ2v) is 9.14. The molecule has 35 heavy (non-hydrogen) atoms. The Morgan fingerprint density at radius 3 is 2.69 bits per heavy atom. The fraction of sp³-hybridized carbons (Fsp3) is 0.192. The SMILES string of the molecule is COc1cc(Nc2nc3c(-c4ccc(F)c(Cl)c4)cc(C4CC4)cn3n2)ccc1-n1cnc(C)c1. The summed E-state index contributed by atoms with van der Waals surface area (Å²) in [6, 6.07) is 12.6. The molecule has 1 aliphatic carbocycles. The molecule has 0 bridgehead atoms. The highest BCUT2D eigenvalue weighted by atomic mass is 35.5. The van der Waals surface area contributed by atoms with Crippen LogP contribution in [0.2, 0.25) is 5.02 Å². The first-order chi connectivity index (χ1) is 17.0. The third kappa shape index (κ3) is 4.10. The second-order valence-electron chi connectivity index (χ2n) is 8.73. The Hall–Kier alpha value is -3.91. The van der Waals surface area contributed by atoms with E-state index < -0.39 is 5.82 Å². The van der Waals surface area contributed by atoms with E-state index in [1.54, 1.807) is 30.1 Å². The van der Waals surface area contributed by atoms with Gasteiger partial charge in [-0.05, 0) is 67.1 Å². The summed E-state index contributed by atoms with van der Waals surface area (Å²) < 4.78 is 23.1. The van der Waals surface area contributed by atoms with Crippen LogP contribution in [-0.2, 0) is 0 Å². The van der Waals surface area contributed by atoms with Crippen molar-refractivity contribution in [3.8, 4) is 22.6 Å². The van der Waals surface area contributed by atoms with Crippen molar-refractivity contribution in [2.45, 2.75) is 25.7 Å². The van der Waals surface area contributed by atoms with Crippen molar-refractivity contribution in [2.75, 3.05) is 12.4 Å². The minimum absolute atomic E-state index is 0.0793. The number of methoxy groups -OCH3 is 1. The van der Waals surface area contributed by atoms with Crippen LogP contribution in [0.4, 0.5) is 16.0 Å². The molecule has 0 saturated heterocycles. The molecule has 0 spiro atoms. The molecule has 2 aromatic carbocycles. The zero-order valence-corrected chi connectivity index (χ0v) is 19.9. The van der Waals surface area contributed by atoms with E-state index in [9.17, 15) is 4.39 Å². The van der Waals surface area contributed by atoms with Gasteiger partial charge in [0.2, 0.25) is 5.95 Å². The van der Waals surface area contributed by atoms with Gasteiger partial charge in [-0.15, -0.1) is 5.10 Å². The number of benzene rings is 2. The minimum Gasteiger partial charge on any atom is -0.494 e. The van der Waals surface area contributed by atoms with Gasteiger partial charge in [0, 0.05) is 29.7 Å². The molecule has 1 aliphatic rings. The number of rotatable bonds is 6. The van der Waals surface area contributed by atoms with Crippen LogP contribution >= 0.6 is 11.6 Å². The number of nitrogens with one attached hydrogen (secondary N) is 1. The number of aryl methyl sites for hydroxylation is 1. The minimum atomic E-state index is -0.447. The maximum Gasteiger partial charge on any atom is 0.247 e. The van der Waals surface area contributed by atoms with Crippen LogP contribution in [0.15, 0.2) is 61.2 Å². The summed E-state index contributed by atoms with van der Waals surface area (Å²) in [5, 5.41) is 8.04. The molecule has 3 heterocycles. The van der Waals surface area contributed by atoms with Crippen molar-refractivity contribution in [1.29, 1.82) is 0 Å². The predicted octanol–water partition coefficient (Wildman–Crippen LogP) is 6.31. The third-order valence-corrected chi connectivity index (χ3v) is 6.45. The Labute approximate surface area is 206 Å². The van der Waals surface area contributed by atoms with Crippen LogP contribution in [0.3, 0.4) is 0 Å². The first-order valence-electron chi connectivity index (χ1n) is 11.3. The fourth-order valence-corrected chi connectivity index (χ4v) is 4.41. The van der Waals surface area contributed by atoms with Crippen molar-refractivity contribution in [1.82, 2.24) is 24.1 Å². The van der Waals surface area contributed by atoms with E-state index in [4.69, 9.17) is 21.3 Å². The lowest BCUT2D eigenvalue weighted by atomic mass is 10.0. The molecule has 0 atom stereocenters. The van der Waals surface area contributed by atoms with Crippen LogP contribution in [-0.4, -0.2) is 31.3 Å². The van der Waals surface area contributed by atoms with Gasteiger partial charge in [0.05, 0.1) is 29.8 Å². The summed E-state index contributed by atoms with van der Waals surface area (Å²) in [4.78, 5) is 9.03. The molecule has 7 nitrogen and oxygen atoms in total. The number of fused-ring (bicyclic) bond motifs is 1. The topological polar surface area (TPSA) is 69.3 Å². The maximum atomic E-state index is 13.8. The molecule has 0 aliphatic heterocycles. The van der Waals surface area contributed by atoms with Crippen molar-refractivity contribution in [2.24, 2.45) is 0 Å². The van der Waals surface area contributed by atoms with Gasteiger partial charge >= 0.3 is 0 Å². The van der Waals surface area contributed by atoms with Crippen LogP contribution in [0.1, 0.15) is 30.0 Å². The van der Waals surface area contributed by atoms with Gasteiger partial charge in [0.25, 0.3) is 0 Å². The molecule has 0 unspecified atom stereocenters. The Morgan fingerprint density at radius 2 is 1.97 bits per heavy atom. The van der Waals surface area contributed by atoms with Gasteiger partial charge in [0.1, 0.15) is 11.6 Å². The first kappa shape index (κ1) is 21.6. The number of imidazole rings is 1. The van der Waals surface area contributed by atoms with Gasteiger partial charge in [-0.25, -0.2) is 13.9 Å². The van der Waals surface area contributed by atoms with E-state index in [0.29, 0.717) is 23.3 Å². The second kappa shape index (κ2) is 8.39. The van der Waals surface area contributed by atoms with Gasteiger partial charge in [-0.2, -0.15) is 4.98 Å². The molecular formula is C26H22ClFN6O. The number of pyridine rings is 1. The molecule has 5 aromatic rings. The molecular weight excluding hydrogens is 467 g/mol. The standard InChI is InChI=1S/C26H22ClFN6O/c1-15-12-33(14-29-15)23-8-6-19(11-24(23)35-2)30-26-31-25-20(17-5-7-22(28)21(27)10-17)9-18(16-3-4-16)13-34(25)32-26/h5-14,16H,3-4H2,1-2H3,(H,30,32). The Morgan fingerprint density at radius 1 is 1.11 bits per heavy atom. The Kier molecular flexibility index (Phi) is 5.18. The van der Waals surface area contributed by atoms with Gasteiger partial charge in [-0.3, -0.25) is 0 Å². The molecule has 3 aromatic heterocycles. The van der Waals surface area contributed by atoms with Crippen molar-refractivity contribution < 1.29 is 9.13 Å². The van der Waals surface area contributed by atoms with E-state index >= 15 is 0 Å². The van der Waals surface area contributed by atoms with Crippen LogP contribution < -0.4 is 10.1 Å². The zero-order valence-electron chi connectivity index (χ0n) is 19.2. The van der Waals surface area contributed by atoms with Crippen molar-refractivity contribution >= 4 is 28.9 Å². The lowest BCUT2D eigenvalue weighted by Gasteiger charge is -2.11. The number of halogens is 2. The highest BCUT2D eigenvalue weighted by Crippen LogP contribution is 2.42. The summed E-state index contributed by atoms with van der Waals surface area (Å²) in [6.45, 7) is 1.94. The van der Waals surface area contributed by atoms with Crippen LogP contribution in [0.25, 0.3) is 22.5 Å². The van der Waals surface area contributed by atoms with E-state index in [1.807, 2.05) is 42.1 Å². The number of anilines is 2.